The fourth-order valence-corrected chi connectivity index (χ4v) is 0. The van der Waals surface area contributed by atoms with E-state index in [9.17, 15) is 9.59 Å². The molecule has 4 heteroatoms. The number of amides is 1. The Morgan fingerprint density at radius 3 is 1.44 bits per heavy atom. The highest BCUT2D eigenvalue weighted by atomic mass is 16.1. The molecule has 4 nitrogen and oxygen atoms in total. The Bertz CT molecular complexity index is 97.1. The molecular weight excluding hydrogens is 120 g/mol. The van der Waals surface area contributed by atoms with Gasteiger partial charge in [0.15, 0.2) is 0 Å². The Labute approximate surface area is 54.2 Å². The number of hydrogen-bond donors (Lipinski definition) is 2. The lowest BCUT2D eigenvalue weighted by atomic mass is 10.5. The molecule has 54 valence electrons. The molecule has 0 saturated heterocycles. The van der Waals surface area contributed by atoms with Crippen LogP contribution in [-0.4, -0.2) is 18.2 Å². The largest absolute Gasteiger partial charge is 0.370 e. The first-order valence-corrected chi connectivity index (χ1v) is 2.46. The summed E-state index contributed by atoms with van der Waals surface area (Å²) < 4.78 is 0. The molecule has 1 amide bonds. The molecule has 0 aromatic heterocycles. The van der Waals surface area contributed by atoms with Gasteiger partial charge in [-0.1, -0.05) is 0 Å². The molecule has 0 bridgehead atoms. The summed E-state index contributed by atoms with van der Waals surface area (Å²) in [5.41, 5.74) is 9.29. The lowest BCUT2D eigenvalue weighted by molar-refractivity contribution is -0.116. The van der Waals surface area contributed by atoms with Crippen LogP contribution in [0.1, 0.15) is 13.8 Å². The van der Waals surface area contributed by atoms with Gasteiger partial charge >= 0.3 is 0 Å². The number of rotatable bonds is 1. The van der Waals surface area contributed by atoms with Gasteiger partial charge in [-0.2, -0.15) is 0 Å². The maximum atomic E-state index is 9.69. The van der Waals surface area contributed by atoms with Crippen molar-refractivity contribution in [3.63, 3.8) is 0 Å². The molecular formula is C5H12N2O2. The highest BCUT2D eigenvalue weighted by Gasteiger charge is 1.76. The molecule has 0 atom stereocenters. The predicted molar refractivity (Wildman–Crippen MR) is 34.6 cm³/mol. The van der Waals surface area contributed by atoms with E-state index in [0.717, 1.165) is 0 Å². The van der Waals surface area contributed by atoms with E-state index in [-0.39, 0.29) is 18.2 Å². The van der Waals surface area contributed by atoms with Crippen molar-refractivity contribution < 1.29 is 9.59 Å². The van der Waals surface area contributed by atoms with Crippen molar-refractivity contribution in [1.82, 2.24) is 0 Å². The number of Topliss-reactive ketones (excluding diaryl/α,β-unsaturated/α-hetero) is 1. The average Bonchev–Trinajstić information content (AvgIpc) is 1.65. The molecule has 0 aliphatic carbocycles. The van der Waals surface area contributed by atoms with Gasteiger partial charge in [0.2, 0.25) is 5.91 Å². The molecule has 0 radical (unpaired) electrons. The van der Waals surface area contributed by atoms with Crippen LogP contribution in [0.2, 0.25) is 0 Å². The molecule has 0 aliphatic rings. The fraction of sp³-hybridized carbons (Fsp3) is 0.600. The molecule has 0 aliphatic heterocycles. The summed E-state index contributed by atoms with van der Waals surface area (Å²) in [7, 11) is 0. The first-order valence-electron chi connectivity index (χ1n) is 2.46. The number of primary amides is 1. The Hall–Kier alpha value is -0.900. The highest BCUT2D eigenvalue weighted by Crippen LogP contribution is 1.51. The number of carbonyl (C=O) groups is 2. The van der Waals surface area contributed by atoms with E-state index < -0.39 is 0 Å². The van der Waals surface area contributed by atoms with E-state index in [1.165, 1.54) is 13.8 Å². The van der Waals surface area contributed by atoms with Crippen molar-refractivity contribution in [3.05, 3.63) is 0 Å². The van der Waals surface area contributed by atoms with Crippen LogP contribution in [0.3, 0.4) is 0 Å². The van der Waals surface area contributed by atoms with Crippen LogP contribution in [0.5, 0.6) is 0 Å². The SMILES string of the molecule is CC(=O)CN.CC(N)=O. The van der Waals surface area contributed by atoms with Crippen LogP contribution in [0, 0.1) is 0 Å². The second kappa shape index (κ2) is 7.10. The van der Waals surface area contributed by atoms with Crippen LogP contribution in [0.15, 0.2) is 0 Å². The summed E-state index contributed by atoms with van der Waals surface area (Å²) in [5, 5.41) is 0. The van der Waals surface area contributed by atoms with Crippen molar-refractivity contribution in [2.45, 2.75) is 13.8 Å². The summed E-state index contributed by atoms with van der Waals surface area (Å²) >= 11 is 0. The molecule has 0 saturated carbocycles. The van der Waals surface area contributed by atoms with Gasteiger partial charge in [-0.15, -0.1) is 0 Å². The highest BCUT2D eigenvalue weighted by molar-refractivity contribution is 5.77. The maximum absolute atomic E-state index is 9.69. The van der Waals surface area contributed by atoms with E-state index in [1.54, 1.807) is 0 Å². The summed E-state index contributed by atoms with van der Waals surface area (Å²) in [6, 6.07) is 0. The first-order chi connectivity index (χ1) is 4.00. The smallest absolute Gasteiger partial charge is 0.214 e. The van der Waals surface area contributed by atoms with Gasteiger partial charge in [-0.25, -0.2) is 0 Å². The molecule has 0 aromatic rings. The monoisotopic (exact) mass is 132 g/mol. The van der Waals surface area contributed by atoms with Gasteiger partial charge < -0.3 is 11.5 Å². The second-order valence-electron chi connectivity index (χ2n) is 1.52. The van der Waals surface area contributed by atoms with Crippen molar-refractivity contribution in [1.29, 1.82) is 0 Å². The molecule has 4 N–H and O–H groups in total. The van der Waals surface area contributed by atoms with Gasteiger partial charge in [-0.3, -0.25) is 9.59 Å². The zero-order valence-electron chi connectivity index (χ0n) is 5.68. The molecule has 9 heavy (non-hydrogen) atoms. The van der Waals surface area contributed by atoms with E-state index >= 15 is 0 Å². The van der Waals surface area contributed by atoms with Crippen molar-refractivity contribution in [2.24, 2.45) is 11.5 Å². The summed E-state index contributed by atoms with van der Waals surface area (Å²) in [5.74, 6) is -0.301. The minimum Gasteiger partial charge on any atom is -0.370 e. The quantitative estimate of drug-likeness (QED) is 0.481. The Morgan fingerprint density at radius 2 is 1.44 bits per heavy atom. The zero-order chi connectivity index (χ0) is 7.86. The Balaban J connectivity index is 0. The van der Waals surface area contributed by atoms with Crippen molar-refractivity contribution >= 4 is 11.7 Å². The number of hydrogen-bond acceptors (Lipinski definition) is 3. The number of carbonyl (C=O) groups excluding carboxylic acids is 2. The van der Waals surface area contributed by atoms with Gasteiger partial charge in [0.25, 0.3) is 0 Å². The Morgan fingerprint density at radius 1 is 1.33 bits per heavy atom. The van der Waals surface area contributed by atoms with Crippen LogP contribution in [0.25, 0.3) is 0 Å². The normalized spacial score (nSPS) is 7.00. The average molecular weight is 132 g/mol. The maximum Gasteiger partial charge on any atom is 0.214 e. The van der Waals surface area contributed by atoms with E-state index in [2.05, 4.69) is 5.73 Å². The van der Waals surface area contributed by atoms with Crippen LogP contribution >= 0.6 is 0 Å². The molecule has 0 heterocycles. The van der Waals surface area contributed by atoms with Crippen molar-refractivity contribution in [3.8, 4) is 0 Å². The predicted octanol–water partition coefficient (Wildman–Crippen LogP) is -0.974. The van der Waals surface area contributed by atoms with Gasteiger partial charge in [0.1, 0.15) is 5.78 Å². The first kappa shape index (κ1) is 11.0. The van der Waals surface area contributed by atoms with Gasteiger partial charge in [0.05, 0.1) is 6.54 Å². The van der Waals surface area contributed by atoms with E-state index in [4.69, 9.17) is 5.73 Å². The number of nitrogens with two attached hydrogens (primary N) is 2. The third-order valence-electron chi connectivity index (χ3n) is 0.287. The third-order valence-corrected chi connectivity index (χ3v) is 0.287. The van der Waals surface area contributed by atoms with Crippen LogP contribution in [0.4, 0.5) is 0 Å². The fourth-order valence-electron chi connectivity index (χ4n) is 0. The summed E-state index contributed by atoms with van der Waals surface area (Å²) in [6.07, 6.45) is 0. The zero-order valence-corrected chi connectivity index (χ0v) is 5.68. The molecule has 0 fully saturated rings. The third kappa shape index (κ3) is 153. The topological polar surface area (TPSA) is 86.2 Å². The second-order valence-corrected chi connectivity index (χ2v) is 1.52. The lowest BCUT2D eigenvalue weighted by Crippen LogP contribution is -2.07. The van der Waals surface area contributed by atoms with E-state index in [1.807, 2.05) is 0 Å². The van der Waals surface area contributed by atoms with Gasteiger partial charge in [0, 0.05) is 6.92 Å². The molecule has 0 unspecified atom stereocenters. The minimum atomic E-state index is -0.333. The van der Waals surface area contributed by atoms with Crippen molar-refractivity contribution in [2.75, 3.05) is 6.54 Å². The standard InChI is InChI=1S/C3H7NO.C2H5NO/c1-3(5)2-4;1-2(3)4/h2,4H2,1H3;1H3,(H2,3,4). The molecule has 0 rings (SSSR count). The van der Waals surface area contributed by atoms with Gasteiger partial charge in [-0.05, 0) is 6.92 Å². The Kier molecular flexibility index (Phi) is 8.66. The lowest BCUT2D eigenvalue weighted by Gasteiger charge is -1.73. The molecule has 0 aromatic carbocycles. The summed E-state index contributed by atoms with van der Waals surface area (Å²) in [6.45, 7) is 2.93. The minimum absolute atomic E-state index is 0.0324. The van der Waals surface area contributed by atoms with Crippen LogP contribution in [-0.2, 0) is 9.59 Å². The summed E-state index contributed by atoms with van der Waals surface area (Å²) in [4.78, 5) is 18.9. The van der Waals surface area contributed by atoms with E-state index in [0.29, 0.717) is 0 Å². The molecule has 0 spiro atoms. The number of ketones is 1. The van der Waals surface area contributed by atoms with Crippen LogP contribution < -0.4 is 11.5 Å².